The number of hydrogen-bond acceptors (Lipinski definition) is 5. The standard InChI is InChI=1S/C16H18N2O2S/c1-3-20-16(19)11-5-4-6-13-14(11)18-15(21-13)12-8-7-10(2)9-17-12/h7-9,11H,3-6H2,1-2H3. The fraction of sp³-hybridized carbons (Fsp3) is 0.438. The van der Waals surface area contributed by atoms with Crippen molar-refractivity contribution in [3.05, 3.63) is 34.5 Å². The van der Waals surface area contributed by atoms with E-state index < -0.39 is 0 Å². The normalized spacial score (nSPS) is 17.3. The summed E-state index contributed by atoms with van der Waals surface area (Å²) < 4.78 is 5.18. The maximum absolute atomic E-state index is 12.1. The van der Waals surface area contributed by atoms with E-state index in [-0.39, 0.29) is 11.9 Å². The fourth-order valence-corrected chi connectivity index (χ4v) is 3.74. The van der Waals surface area contributed by atoms with E-state index in [0.29, 0.717) is 6.61 Å². The van der Waals surface area contributed by atoms with Gasteiger partial charge in [-0.25, -0.2) is 4.98 Å². The molecule has 1 aliphatic rings. The first-order valence-electron chi connectivity index (χ1n) is 7.28. The third kappa shape index (κ3) is 2.83. The van der Waals surface area contributed by atoms with Gasteiger partial charge in [-0.05, 0) is 44.7 Å². The maximum Gasteiger partial charge on any atom is 0.315 e. The van der Waals surface area contributed by atoms with Gasteiger partial charge in [0, 0.05) is 11.1 Å². The number of aromatic nitrogens is 2. The number of rotatable bonds is 3. The molecular formula is C16H18N2O2S. The van der Waals surface area contributed by atoms with Gasteiger partial charge in [0.15, 0.2) is 0 Å². The molecule has 2 heterocycles. The van der Waals surface area contributed by atoms with Gasteiger partial charge in [0.2, 0.25) is 0 Å². The van der Waals surface area contributed by atoms with Crippen LogP contribution in [-0.2, 0) is 16.0 Å². The van der Waals surface area contributed by atoms with Crippen LogP contribution in [0.4, 0.5) is 0 Å². The zero-order chi connectivity index (χ0) is 14.8. The van der Waals surface area contributed by atoms with Gasteiger partial charge < -0.3 is 4.74 Å². The quantitative estimate of drug-likeness (QED) is 0.814. The number of carbonyl (C=O) groups is 1. The van der Waals surface area contributed by atoms with E-state index in [9.17, 15) is 4.79 Å². The predicted octanol–water partition coefficient (Wildman–Crippen LogP) is 3.50. The molecule has 0 fully saturated rings. The molecule has 3 rings (SSSR count). The zero-order valence-corrected chi connectivity index (χ0v) is 13.1. The molecule has 4 nitrogen and oxygen atoms in total. The summed E-state index contributed by atoms with van der Waals surface area (Å²) in [7, 11) is 0. The van der Waals surface area contributed by atoms with Crippen LogP contribution in [0.5, 0.6) is 0 Å². The molecule has 0 aromatic carbocycles. The van der Waals surface area contributed by atoms with Crippen LogP contribution in [-0.4, -0.2) is 22.5 Å². The predicted molar refractivity (Wildman–Crippen MR) is 82.4 cm³/mol. The molecule has 21 heavy (non-hydrogen) atoms. The first-order chi connectivity index (χ1) is 10.2. The summed E-state index contributed by atoms with van der Waals surface area (Å²) in [6, 6.07) is 4.02. The molecule has 2 aromatic heterocycles. The minimum absolute atomic E-state index is 0.146. The highest BCUT2D eigenvalue weighted by Crippen LogP contribution is 2.38. The lowest BCUT2D eigenvalue weighted by molar-refractivity contribution is -0.145. The topological polar surface area (TPSA) is 52.1 Å². The molecular weight excluding hydrogens is 284 g/mol. The minimum atomic E-state index is -0.204. The van der Waals surface area contributed by atoms with E-state index in [1.165, 1.54) is 4.88 Å². The first kappa shape index (κ1) is 14.2. The van der Waals surface area contributed by atoms with Crippen molar-refractivity contribution in [3.63, 3.8) is 0 Å². The van der Waals surface area contributed by atoms with Crippen LogP contribution in [0.2, 0.25) is 0 Å². The summed E-state index contributed by atoms with van der Waals surface area (Å²) in [4.78, 5) is 22.4. The molecule has 1 unspecified atom stereocenters. The Bertz CT molecular complexity index is 649. The van der Waals surface area contributed by atoms with E-state index in [1.54, 1.807) is 11.3 Å². The Balaban J connectivity index is 1.94. The number of carbonyl (C=O) groups excluding carboxylic acids is 1. The van der Waals surface area contributed by atoms with Crippen LogP contribution in [0.15, 0.2) is 18.3 Å². The summed E-state index contributed by atoms with van der Waals surface area (Å²) in [5, 5.41) is 0.899. The summed E-state index contributed by atoms with van der Waals surface area (Å²) in [5.41, 5.74) is 2.91. The highest BCUT2D eigenvalue weighted by atomic mass is 32.1. The van der Waals surface area contributed by atoms with Crippen molar-refractivity contribution in [3.8, 4) is 10.7 Å². The molecule has 0 bridgehead atoms. The third-order valence-electron chi connectivity index (χ3n) is 3.66. The van der Waals surface area contributed by atoms with Crippen LogP contribution in [0.25, 0.3) is 10.7 Å². The number of aryl methyl sites for hydroxylation is 2. The highest BCUT2D eigenvalue weighted by molar-refractivity contribution is 7.15. The molecule has 0 N–H and O–H groups in total. The average Bonchev–Trinajstić information content (AvgIpc) is 2.92. The van der Waals surface area contributed by atoms with Crippen LogP contribution < -0.4 is 0 Å². The van der Waals surface area contributed by atoms with Gasteiger partial charge in [0.05, 0.1) is 18.0 Å². The number of hydrogen-bond donors (Lipinski definition) is 0. The van der Waals surface area contributed by atoms with Crippen molar-refractivity contribution in [1.82, 2.24) is 9.97 Å². The first-order valence-corrected chi connectivity index (χ1v) is 8.10. The van der Waals surface area contributed by atoms with Crippen molar-refractivity contribution in [1.29, 1.82) is 0 Å². The van der Waals surface area contributed by atoms with Crippen LogP contribution in [0, 0.1) is 6.92 Å². The monoisotopic (exact) mass is 302 g/mol. The van der Waals surface area contributed by atoms with E-state index in [4.69, 9.17) is 9.72 Å². The maximum atomic E-state index is 12.1. The van der Waals surface area contributed by atoms with Gasteiger partial charge in [-0.1, -0.05) is 6.07 Å². The molecule has 1 aliphatic carbocycles. The lowest BCUT2D eigenvalue weighted by Gasteiger charge is -2.19. The van der Waals surface area contributed by atoms with Gasteiger partial charge in [0.1, 0.15) is 10.9 Å². The van der Waals surface area contributed by atoms with E-state index >= 15 is 0 Å². The van der Waals surface area contributed by atoms with Crippen molar-refractivity contribution in [2.24, 2.45) is 0 Å². The van der Waals surface area contributed by atoms with Crippen molar-refractivity contribution in [2.45, 2.75) is 39.0 Å². The Morgan fingerprint density at radius 2 is 2.33 bits per heavy atom. The van der Waals surface area contributed by atoms with Crippen LogP contribution >= 0.6 is 11.3 Å². The summed E-state index contributed by atoms with van der Waals surface area (Å²) in [6.45, 7) is 4.27. The Hall–Kier alpha value is -1.75. The Labute approximate surface area is 128 Å². The molecule has 2 aromatic rings. The van der Waals surface area contributed by atoms with Gasteiger partial charge in [-0.15, -0.1) is 11.3 Å². The summed E-state index contributed by atoms with van der Waals surface area (Å²) in [5.74, 6) is -0.351. The van der Waals surface area contributed by atoms with E-state index in [1.807, 2.05) is 32.2 Å². The average molecular weight is 302 g/mol. The fourth-order valence-electron chi connectivity index (χ4n) is 2.59. The van der Waals surface area contributed by atoms with Crippen molar-refractivity contribution < 1.29 is 9.53 Å². The largest absolute Gasteiger partial charge is 0.465 e. The van der Waals surface area contributed by atoms with Gasteiger partial charge >= 0.3 is 5.97 Å². The Kier molecular flexibility index (Phi) is 4.01. The van der Waals surface area contributed by atoms with Gasteiger partial charge in [-0.2, -0.15) is 0 Å². The zero-order valence-electron chi connectivity index (χ0n) is 12.3. The number of ether oxygens (including phenoxy) is 1. The second kappa shape index (κ2) is 5.93. The summed E-state index contributed by atoms with van der Waals surface area (Å²) >= 11 is 1.65. The second-order valence-corrected chi connectivity index (χ2v) is 6.33. The van der Waals surface area contributed by atoms with Crippen LogP contribution in [0.3, 0.4) is 0 Å². The van der Waals surface area contributed by atoms with Crippen molar-refractivity contribution >= 4 is 17.3 Å². The molecule has 0 aliphatic heterocycles. The van der Waals surface area contributed by atoms with E-state index in [0.717, 1.165) is 41.2 Å². The smallest absolute Gasteiger partial charge is 0.315 e. The molecule has 0 amide bonds. The number of nitrogens with zero attached hydrogens (tertiary/aromatic N) is 2. The SMILES string of the molecule is CCOC(=O)C1CCCc2sc(-c3ccc(C)cn3)nc21. The molecule has 0 saturated carbocycles. The van der Waals surface area contributed by atoms with E-state index in [2.05, 4.69) is 4.98 Å². The Morgan fingerprint density at radius 3 is 3.05 bits per heavy atom. The number of esters is 1. The second-order valence-electron chi connectivity index (χ2n) is 5.25. The molecule has 5 heteroatoms. The number of pyridine rings is 1. The highest BCUT2D eigenvalue weighted by Gasteiger charge is 2.31. The number of thiazole rings is 1. The van der Waals surface area contributed by atoms with Crippen LogP contribution in [0.1, 0.15) is 41.8 Å². The van der Waals surface area contributed by atoms with Gasteiger partial charge in [0.25, 0.3) is 0 Å². The third-order valence-corrected chi connectivity index (χ3v) is 4.81. The molecule has 0 spiro atoms. The lowest BCUT2D eigenvalue weighted by atomic mass is 9.91. The molecule has 110 valence electrons. The molecule has 0 radical (unpaired) electrons. The van der Waals surface area contributed by atoms with Crippen molar-refractivity contribution in [2.75, 3.05) is 6.61 Å². The Morgan fingerprint density at radius 1 is 1.48 bits per heavy atom. The minimum Gasteiger partial charge on any atom is -0.465 e. The summed E-state index contributed by atoms with van der Waals surface area (Å²) in [6.07, 6.45) is 4.68. The lowest BCUT2D eigenvalue weighted by Crippen LogP contribution is -2.20. The molecule has 1 atom stereocenters. The molecule has 0 saturated heterocycles. The van der Waals surface area contributed by atoms with Gasteiger partial charge in [-0.3, -0.25) is 9.78 Å². The number of fused-ring (bicyclic) bond motifs is 1.